The van der Waals surface area contributed by atoms with Crippen molar-refractivity contribution in [3.8, 4) is 0 Å². The number of fused-ring (bicyclic) bond motifs is 2. The quantitative estimate of drug-likeness (QED) is 0.706. The Balaban J connectivity index is 1.90. The average Bonchev–Trinajstić information content (AvgIpc) is 2.54. The van der Waals surface area contributed by atoms with E-state index in [0.717, 1.165) is 25.2 Å². The van der Waals surface area contributed by atoms with Gasteiger partial charge in [0.2, 0.25) is 0 Å². The largest absolute Gasteiger partial charge is 0.297 e. The van der Waals surface area contributed by atoms with Gasteiger partial charge >= 0.3 is 0 Å². The van der Waals surface area contributed by atoms with Crippen LogP contribution < -0.4 is 0 Å². The van der Waals surface area contributed by atoms with Crippen molar-refractivity contribution in [2.24, 2.45) is 0 Å². The predicted molar refractivity (Wildman–Crippen MR) is 78.8 cm³/mol. The number of rotatable bonds is 4. The summed E-state index contributed by atoms with van der Waals surface area (Å²) < 4.78 is 0. The van der Waals surface area contributed by atoms with Crippen LogP contribution >= 0.6 is 0 Å². The summed E-state index contributed by atoms with van der Waals surface area (Å²) in [6.45, 7) is 13.6. The van der Waals surface area contributed by atoms with Crippen LogP contribution in [0.4, 0.5) is 0 Å². The van der Waals surface area contributed by atoms with Crippen LogP contribution in [0.5, 0.6) is 0 Å². The zero-order valence-corrected chi connectivity index (χ0v) is 12.4. The maximum Gasteiger partial charge on any atom is 0.0230 e. The molecule has 2 heterocycles. The summed E-state index contributed by atoms with van der Waals surface area (Å²) in [5.41, 5.74) is 2.88. The zero-order chi connectivity index (χ0) is 13.1. The highest BCUT2D eigenvalue weighted by atomic mass is 15.3. The monoisotopic (exact) mass is 248 g/mol. The van der Waals surface area contributed by atoms with Gasteiger partial charge in [-0.25, -0.2) is 0 Å². The van der Waals surface area contributed by atoms with Gasteiger partial charge in [0.15, 0.2) is 0 Å². The fourth-order valence-electron chi connectivity index (χ4n) is 3.12. The summed E-state index contributed by atoms with van der Waals surface area (Å²) in [7, 11) is 0. The van der Waals surface area contributed by atoms with E-state index < -0.39 is 0 Å². The Morgan fingerprint density at radius 3 is 1.89 bits per heavy atom. The molecule has 0 amide bonds. The summed E-state index contributed by atoms with van der Waals surface area (Å²) in [6, 6.07) is 1.59. The lowest BCUT2D eigenvalue weighted by atomic mass is 10.1. The smallest absolute Gasteiger partial charge is 0.0230 e. The normalized spacial score (nSPS) is 28.2. The number of hydrogen-bond donors (Lipinski definition) is 0. The van der Waals surface area contributed by atoms with Crippen LogP contribution in [0.15, 0.2) is 23.3 Å². The highest BCUT2D eigenvalue weighted by Gasteiger charge is 2.38. The Morgan fingerprint density at radius 2 is 1.39 bits per heavy atom. The molecule has 2 rings (SSSR count). The number of nitrogens with zero attached hydrogens (tertiary/aromatic N) is 2. The maximum atomic E-state index is 2.73. The number of hydrogen-bond acceptors (Lipinski definition) is 2. The van der Waals surface area contributed by atoms with Gasteiger partial charge in [0.1, 0.15) is 0 Å². The third kappa shape index (κ3) is 3.46. The third-order valence-corrected chi connectivity index (χ3v) is 4.18. The maximum absolute atomic E-state index is 2.73. The molecule has 2 bridgehead atoms. The summed E-state index contributed by atoms with van der Waals surface area (Å²) in [5, 5.41) is 0. The zero-order valence-electron chi connectivity index (χ0n) is 12.4. The molecule has 2 unspecified atom stereocenters. The fourth-order valence-corrected chi connectivity index (χ4v) is 3.12. The van der Waals surface area contributed by atoms with E-state index in [0.29, 0.717) is 0 Å². The Bertz CT molecular complexity index is 321. The highest BCUT2D eigenvalue weighted by Crippen LogP contribution is 2.29. The van der Waals surface area contributed by atoms with E-state index in [9.17, 15) is 0 Å². The molecule has 0 aromatic rings. The number of allylic oxidation sites excluding steroid dienone is 2. The van der Waals surface area contributed by atoms with E-state index in [-0.39, 0.29) is 0 Å². The highest BCUT2D eigenvalue weighted by molar-refractivity contribution is 5.04. The molecule has 2 saturated heterocycles. The van der Waals surface area contributed by atoms with Gasteiger partial charge in [-0.05, 0) is 40.5 Å². The van der Waals surface area contributed by atoms with E-state index in [1.54, 1.807) is 0 Å². The molecular formula is C16H28N2. The SMILES string of the molecule is CC(C)=CCN1CC2CCC(C1)N2CC=C(C)C. The second-order valence-electron chi connectivity index (χ2n) is 6.36. The van der Waals surface area contributed by atoms with Crippen LogP contribution in [0.1, 0.15) is 40.5 Å². The van der Waals surface area contributed by atoms with Crippen molar-refractivity contribution in [1.82, 2.24) is 9.80 Å². The minimum absolute atomic E-state index is 0.796. The fraction of sp³-hybridized carbons (Fsp3) is 0.750. The van der Waals surface area contributed by atoms with E-state index in [2.05, 4.69) is 49.6 Å². The van der Waals surface area contributed by atoms with Crippen molar-refractivity contribution in [3.63, 3.8) is 0 Å². The molecule has 0 saturated carbocycles. The van der Waals surface area contributed by atoms with Gasteiger partial charge in [-0.3, -0.25) is 9.80 Å². The molecule has 0 aromatic carbocycles. The number of piperazine rings is 1. The van der Waals surface area contributed by atoms with E-state index in [1.165, 1.54) is 37.1 Å². The molecule has 2 fully saturated rings. The molecule has 102 valence electrons. The Hall–Kier alpha value is -0.600. The van der Waals surface area contributed by atoms with Gasteiger partial charge in [0, 0.05) is 38.3 Å². The topological polar surface area (TPSA) is 6.48 Å². The van der Waals surface area contributed by atoms with Crippen LogP contribution in [-0.2, 0) is 0 Å². The lowest BCUT2D eigenvalue weighted by Gasteiger charge is -2.40. The van der Waals surface area contributed by atoms with E-state index >= 15 is 0 Å². The summed E-state index contributed by atoms with van der Waals surface area (Å²) in [6.07, 6.45) is 7.54. The molecule has 2 atom stereocenters. The standard InChI is InChI=1S/C16H28N2/c1-13(2)7-9-17-11-15-5-6-16(12-17)18(15)10-8-14(3)4/h7-8,15-16H,5-6,9-12H2,1-4H3. The van der Waals surface area contributed by atoms with Crippen molar-refractivity contribution in [1.29, 1.82) is 0 Å². The van der Waals surface area contributed by atoms with Gasteiger partial charge in [-0.15, -0.1) is 0 Å². The lowest BCUT2D eigenvalue weighted by molar-refractivity contribution is 0.0841. The first-order chi connectivity index (χ1) is 8.56. The minimum atomic E-state index is 0.796. The van der Waals surface area contributed by atoms with Gasteiger partial charge in [0.05, 0.1) is 0 Å². The Labute approximate surface area is 112 Å². The second-order valence-corrected chi connectivity index (χ2v) is 6.36. The second kappa shape index (κ2) is 6.03. The van der Waals surface area contributed by atoms with Crippen molar-refractivity contribution in [2.75, 3.05) is 26.2 Å². The molecule has 0 radical (unpaired) electrons. The van der Waals surface area contributed by atoms with Crippen LogP contribution in [0.3, 0.4) is 0 Å². The lowest BCUT2D eigenvalue weighted by Crippen LogP contribution is -2.53. The van der Waals surface area contributed by atoms with Crippen LogP contribution in [0.2, 0.25) is 0 Å². The third-order valence-electron chi connectivity index (χ3n) is 4.18. The molecule has 18 heavy (non-hydrogen) atoms. The average molecular weight is 248 g/mol. The van der Waals surface area contributed by atoms with Crippen molar-refractivity contribution < 1.29 is 0 Å². The molecule has 2 heteroatoms. The molecule has 0 aliphatic carbocycles. The summed E-state index contributed by atoms with van der Waals surface area (Å²) in [5.74, 6) is 0. The van der Waals surface area contributed by atoms with Gasteiger partial charge in [-0.2, -0.15) is 0 Å². The van der Waals surface area contributed by atoms with E-state index in [4.69, 9.17) is 0 Å². The predicted octanol–water partition coefficient (Wildman–Crippen LogP) is 3.07. The Morgan fingerprint density at radius 1 is 0.889 bits per heavy atom. The van der Waals surface area contributed by atoms with Gasteiger partial charge in [-0.1, -0.05) is 23.3 Å². The van der Waals surface area contributed by atoms with Gasteiger partial charge in [0.25, 0.3) is 0 Å². The number of likely N-dealkylation sites (tertiary alicyclic amines) is 1. The molecule has 2 aliphatic rings. The summed E-state index contributed by atoms with van der Waals surface area (Å²) in [4.78, 5) is 5.36. The molecule has 0 spiro atoms. The van der Waals surface area contributed by atoms with E-state index in [1.807, 2.05) is 0 Å². The molecule has 0 aromatic heterocycles. The Kier molecular flexibility index (Phi) is 4.63. The summed E-state index contributed by atoms with van der Waals surface area (Å²) >= 11 is 0. The molecule has 2 nitrogen and oxygen atoms in total. The molecular weight excluding hydrogens is 220 g/mol. The van der Waals surface area contributed by atoms with Crippen LogP contribution in [0.25, 0.3) is 0 Å². The van der Waals surface area contributed by atoms with Crippen molar-refractivity contribution >= 4 is 0 Å². The first-order valence-electron chi connectivity index (χ1n) is 7.31. The first-order valence-corrected chi connectivity index (χ1v) is 7.31. The van der Waals surface area contributed by atoms with Crippen molar-refractivity contribution in [2.45, 2.75) is 52.6 Å². The molecule has 2 aliphatic heterocycles. The van der Waals surface area contributed by atoms with Crippen molar-refractivity contribution in [3.05, 3.63) is 23.3 Å². The van der Waals surface area contributed by atoms with Crippen LogP contribution in [-0.4, -0.2) is 48.1 Å². The first kappa shape index (κ1) is 13.8. The molecule has 0 N–H and O–H groups in total. The van der Waals surface area contributed by atoms with Crippen LogP contribution in [0, 0.1) is 0 Å². The van der Waals surface area contributed by atoms with Gasteiger partial charge < -0.3 is 0 Å². The minimum Gasteiger partial charge on any atom is -0.297 e.